The SMILES string of the molecule is CC1=CNN(C(=O)O)O1. The van der Waals surface area contributed by atoms with Crippen molar-refractivity contribution in [3.63, 3.8) is 0 Å². The van der Waals surface area contributed by atoms with Crippen LogP contribution in [0.5, 0.6) is 0 Å². The molecule has 0 aliphatic carbocycles. The molecular formula is C4H6N2O3. The van der Waals surface area contributed by atoms with Crippen LogP contribution in [0.1, 0.15) is 6.92 Å². The van der Waals surface area contributed by atoms with Gasteiger partial charge in [0.2, 0.25) is 0 Å². The quantitative estimate of drug-likeness (QED) is 0.494. The Bertz CT molecular complexity index is 165. The van der Waals surface area contributed by atoms with Crippen molar-refractivity contribution >= 4 is 6.09 Å². The predicted octanol–water partition coefficient (Wildman–Crippen LogP) is 0.278. The van der Waals surface area contributed by atoms with Gasteiger partial charge in [-0.25, -0.2) is 4.79 Å². The summed E-state index contributed by atoms with van der Waals surface area (Å²) in [6, 6.07) is 0. The van der Waals surface area contributed by atoms with Gasteiger partial charge in [-0.15, -0.1) is 0 Å². The van der Waals surface area contributed by atoms with E-state index in [0.717, 1.165) is 0 Å². The summed E-state index contributed by atoms with van der Waals surface area (Å²) < 4.78 is 0. The van der Waals surface area contributed by atoms with Crippen molar-refractivity contribution in [2.45, 2.75) is 6.92 Å². The van der Waals surface area contributed by atoms with Crippen molar-refractivity contribution in [1.82, 2.24) is 10.6 Å². The molecule has 1 heterocycles. The van der Waals surface area contributed by atoms with Gasteiger partial charge in [0.1, 0.15) is 5.76 Å². The van der Waals surface area contributed by atoms with Crippen molar-refractivity contribution in [1.29, 1.82) is 0 Å². The van der Waals surface area contributed by atoms with Gasteiger partial charge in [0.25, 0.3) is 0 Å². The molecule has 0 saturated heterocycles. The normalized spacial score (nSPS) is 16.1. The molecule has 1 rings (SSSR count). The van der Waals surface area contributed by atoms with Crippen molar-refractivity contribution in [2.75, 3.05) is 0 Å². The van der Waals surface area contributed by atoms with Gasteiger partial charge in [0, 0.05) is 0 Å². The molecule has 5 heteroatoms. The van der Waals surface area contributed by atoms with E-state index in [1.165, 1.54) is 6.20 Å². The summed E-state index contributed by atoms with van der Waals surface area (Å²) in [7, 11) is 0. The Morgan fingerprint density at radius 2 is 2.67 bits per heavy atom. The van der Waals surface area contributed by atoms with Crippen LogP contribution in [0.2, 0.25) is 0 Å². The maximum absolute atomic E-state index is 10.1. The maximum Gasteiger partial charge on any atom is 0.461 e. The molecule has 0 fully saturated rings. The number of rotatable bonds is 0. The summed E-state index contributed by atoms with van der Waals surface area (Å²) in [5.74, 6) is 0.525. The fourth-order valence-electron chi connectivity index (χ4n) is 0.440. The first-order valence-electron chi connectivity index (χ1n) is 2.34. The molecule has 9 heavy (non-hydrogen) atoms. The molecule has 1 amide bonds. The standard InChI is InChI=1S/C4H6N2O3/c1-3-2-5-6(9-3)4(7)8/h2,5H,1H3,(H,7,8). The van der Waals surface area contributed by atoms with E-state index < -0.39 is 6.09 Å². The highest BCUT2D eigenvalue weighted by Gasteiger charge is 2.16. The fourth-order valence-corrected chi connectivity index (χ4v) is 0.440. The summed E-state index contributed by atoms with van der Waals surface area (Å²) >= 11 is 0. The Labute approximate surface area is 51.4 Å². The third kappa shape index (κ3) is 1.04. The predicted molar refractivity (Wildman–Crippen MR) is 27.8 cm³/mol. The van der Waals surface area contributed by atoms with Crippen LogP contribution in [0.4, 0.5) is 4.79 Å². The Morgan fingerprint density at radius 1 is 2.00 bits per heavy atom. The molecule has 1 aliphatic rings. The van der Waals surface area contributed by atoms with E-state index in [9.17, 15) is 4.79 Å². The third-order valence-electron chi connectivity index (χ3n) is 0.794. The highest BCUT2D eigenvalue weighted by molar-refractivity contribution is 5.63. The van der Waals surface area contributed by atoms with Crippen LogP contribution in [0, 0.1) is 0 Å². The summed E-state index contributed by atoms with van der Waals surface area (Å²) in [5, 5.41) is 8.86. The molecule has 2 N–H and O–H groups in total. The number of amides is 1. The smallest absolute Gasteiger partial charge is 0.461 e. The molecule has 0 aromatic carbocycles. The first-order chi connectivity index (χ1) is 4.20. The minimum absolute atomic E-state index is 0.525. The monoisotopic (exact) mass is 130 g/mol. The van der Waals surface area contributed by atoms with E-state index >= 15 is 0 Å². The summed E-state index contributed by atoms with van der Waals surface area (Å²) in [4.78, 5) is 14.7. The molecular weight excluding hydrogens is 124 g/mol. The number of nitrogens with one attached hydrogen (secondary N) is 1. The molecule has 0 atom stereocenters. The number of hydrogen-bond acceptors (Lipinski definition) is 3. The number of hydrogen-bond donors (Lipinski definition) is 2. The lowest BCUT2D eigenvalue weighted by Crippen LogP contribution is -2.33. The molecule has 0 spiro atoms. The van der Waals surface area contributed by atoms with Crippen LogP contribution in [0.15, 0.2) is 12.0 Å². The molecule has 0 radical (unpaired) electrons. The van der Waals surface area contributed by atoms with Gasteiger partial charge in [0.05, 0.1) is 6.20 Å². The van der Waals surface area contributed by atoms with E-state index in [2.05, 4.69) is 10.3 Å². The number of carboxylic acid groups (broad SMARTS) is 1. The maximum atomic E-state index is 10.1. The molecule has 0 unspecified atom stereocenters. The minimum atomic E-state index is -1.16. The van der Waals surface area contributed by atoms with Crippen molar-refractivity contribution in [2.24, 2.45) is 0 Å². The average molecular weight is 130 g/mol. The van der Waals surface area contributed by atoms with E-state index in [1.54, 1.807) is 6.92 Å². The Hall–Kier alpha value is -1.39. The first-order valence-corrected chi connectivity index (χ1v) is 2.34. The highest BCUT2D eigenvalue weighted by atomic mass is 16.7. The van der Waals surface area contributed by atoms with E-state index in [-0.39, 0.29) is 0 Å². The second kappa shape index (κ2) is 1.85. The zero-order chi connectivity index (χ0) is 6.85. The highest BCUT2D eigenvalue weighted by Crippen LogP contribution is 2.04. The average Bonchev–Trinajstić information content (AvgIpc) is 2.14. The lowest BCUT2D eigenvalue weighted by Gasteiger charge is -2.09. The van der Waals surface area contributed by atoms with E-state index in [0.29, 0.717) is 10.9 Å². The molecule has 50 valence electrons. The van der Waals surface area contributed by atoms with Crippen LogP contribution in [0.25, 0.3) is 0 Å². The van der Waals surface area contributed by atoms with Crippen LogP contribution >= 0.6 is 0 Å². The number of carbonyl (C=O) groups is 1. The Balaban J connectivity index is 2.47. The number of allylic oxidation sites excluding steroid dienone is 1. The molecule has 1 aliphatic heterocycles. The van der Waals surface area contributed by atoms with Gasteiger partial charge >= 0.3 is 6.09 Å². The van der Waals surface area contributed by atoms with Gasteiger partial charge in [0.15, 0.2) is 0 Å². The molecule has 0 aromatic heterocycles. The van der Waals surface area contributed by atoms with E-state index in [4.69, 9.17) is 5.11 Å². The first kappa shape index (κ1) is 5.74. The fraction of sp³-hybridized carbons (Fsp3) is 0.250. The summed E-state index contributed by atoms with van der Waals surface area (Å²) in [5.41, 5.74) is 2.36. The number of nitrogens with zero attached hydrogens (tertiary/aromatic N) is 1. The van der Waals surface area contributed by atoms with Gasteiger partial charge in [-0.3, -0.25) is 5.43 Å². The Morgan fingerprint density at radius 3 is 2.89 bits per heavy atom. The van der Waals surface area contributed by atoms with Crippen molar-refractivity contribution < 1.29 is 14.7 Å². The third-order valence-corrected chi connectivity index (χ3v) is 0.794. The molecule has 0 saturated carbocycles. The van der Waals surface area contributed by atoms with Crippen molar-refractivity contribution in [3.05, 3.63) is 12.0 Å². The number of hydrazine groups is 1. The zero-order valence-electron chi connectivity index (χ0n) is 4.79. The van der Waals surface area contributed by atoms with Crippen LogP contribution in [-0.4, -0.2) is 16.4 Å². The minimum Gasteiger partial charge on any atom is -0.462 e. The molecule has 0 bridgehead atoms. The summed E-state index contributed by atoms with van der Waals surface area (Å²) in [6.45, 7) is 1.65. The van der Waals surface area contributed by atoms with E-state index in [1.807, 2.05) is 0 Å². The van der Waals surface area contributed by atoms with Gasteiger partial charge in [-0.1, -0.05) is 0 Å². The number of hydroxylamine groups is 1. The van der Waals surface area contributed by atoms with Crippen molar-refractivity contribution in [3.8, 4) is 0 Å². The zero-order valence-corrected chi connectivity index (χ0v) is 4.79. The molecule has 5 nitrogen and oxygen atoms in total. The van der Waals surface area contributed by atoms with Gasteiger partial charge in [-0.2, -0.15) is 0 Å². The van der Waals surface area contributed by atoms with Crippen LogP contribution in [-0.2, 0) is 4.84 Å². The Kier molecular flexibility index (Phi) is 1.18. The topological polar surface area (TPSA) is 61.8 Å². The largest absolute Gasteiger partial charge is 0.462 e. The lowest BCUT2D eigenvalue weighted by molar-refractivity contribution is -0.0956. The lowest BCUT2D eigenvalue weighted by atomic mass is 10.6. The van der Waals surface area contributed by atoms with Gasteiger partial charge < -0.3 is 9.94 Å². The van der Waals surface area contributed by atoms with Crippen LogP contribution in [0.3, 0.4) is 0 Å². The second-order valence-corrected chi connectivity index (χ2v) is 1.55. The van der Waals surface area contributed by atoms with Gasteiger partial charge in [-0.05, 0) is 12.1 Å². The second-order valence-electron chi connectivity index (χ2n) is 1.55. The summed E-state index contributed by atoms with van der Waals surface area (Å²) in [6.07, 6.45) is 0.289. The molecule has 0 aromatic rings. The van der Waals surface area contributed by atoms with Crippen LogP contribution < -0.4 is 5.43 Å².